The fourth-order valence-electron chi connectivity index (χ4n) is 1.75. The maximum absolute atomic E-state index is 11.9. The molecule has 2 amide bonds. The summed E-state index contributed by atoms with van der Waals surface area (Å²) < 4.78 is 0. The van der Waals surface area contributed by atoms with Gasteiger partial charge in [-0.3, -0.25) is 15.0 Å². The van der Waals surface area contributed by atoms with Crippen molar-refractivity contribution in [3.05, 3.63) is 29.3 Å². The normalized spacial score (nSPS) is 18.6. The highest BCUT2D eigenvalue weighted by Gasteiger charge is 2.45. The molecule has 1 N–H and O–H groups in total. The van der Waals surface area contributed by atoms with Crippen LogP contribution in [0.5, 0.6) is 0 Å². The smallest absolute Gasteiger partial charge is 0.254 e. The third-order valence-corrected chi connectivity index (χ3v) is 2.93. The quantitative estimate of drug-likeness (QED) is 0.823. The molecule has 0 unspecified atom stereocenters. The lowest BCUT2D eigenvalue weighted by Crippen LogP contribution is -2.37. The zero-order chi connectivity index (χ0) is 12.6. The fraction of sp³-hybridized carbons (Fsp3) is 0.333. The molecule has 1 aromatic rings. The van der Waals surface area contributed by atoms with Gasteiger partial charge in [-0.2, -0.15) is 5.01 Å². The molecule has 5 heteroatoms. The van der Waals surface area contributed by atoms with Crippen LogP contribution in [-0.2, 0) is 9.59 Å². The summed E-state index contributed by atoms with van der Waals surface area (Å²) in [5.74, 6) is -0.442. The molecule has 0 radical (unpaired) electrons. The number of hydrogen-bond acceptors (Lipinski definition) is 3. The lowest BCUT2D eigenvalue weighted by molar-refractivity contribution is -0.139. The van der Waals surface area contributed by atoms with E-state index in [0.29, 0.717) is 10.7 Å². The van der Waals surface area contributed by atoms with Gasteiger partial charge in [0.15, 0.2) is 0 Å². The molecule has 1 heterocycles. The Morgan fingerprint density at radius 2 is 2.06 bits per heavy atom. The number of benzene rings is 1. The minimum atomic E-state index is -0.636. The van der Waals surface area contributed by atoms with Crippen molar-refractivity contribution < 1.29 is 9.59 Å². The van der Waals surface area contributed by atoms with E-state index in [0.717, 1.165) is 5.01 Å². The Bertz CT molecular complexity index is 485. The second kappa shape index (κ2) is 4.04. The van der Waals surface area contributed by atoms with E-state index in [2.05, 4.69) is 5.43 Å². The SMILES string of the molecule is CC1(C)CC(=O)N(Nc2cccc(Cl)c2)C1=O. The molecule has 0 aromatic heterocycles. The van der Waals surface area contributed by atoms with Crippen molar-refractivity contribution in [1.29, 1.82) is 0 Å². The maximum atomic E-state index is 11.9. The van der Waals surface area contributed by atoms with Gasteiger partial charge in [0.1, 0.15) is 0 Å². The van der Waals surface area contributed by atoms with Gasteiger partial charge in [-0.15, -0.1) is 0 Å². The van der Waals surface area contributed by atoms with Gasteiger partial charge in [0, 0.05) is 11.4 Å². The summed E-state index contributed by atoms with van der Waals surface area (Å²) in [5.41, 5.74) is 2.77. The van der Waals surface area contributed by atoms with Crippen LogP contribution in [0.2, 0.25) is 5.02 Å². The largest absolute Gasteiger partial charge is 0.289 e. The van der Waals surface area contributed by atoms with Crippen LogP contribution in [0, 0.1) is 5.41 Å². The predicted octanol–water partition coefficient (Wildman–Crippen LogP) is 2.45. The summed E-state index contributed by atoms with van der Waals surface area (Å²) in [6.07, 6.45) is 0.222. The highest BCUT2D eigenvalue weighted by atomic mass is 35.5. The first kappa shape index (κ1) is 11.9. The van der Waals surface area contributed by atoms with Crippen molar-refractivity contribution in [3.63, 3.8) is 0 Å². The Morgan fingerprint density at radius 1 is 1.35 bits per heavy atom. The number of hydrogen-bond donors (Lipinski definition) is 1. The molecule has 2 rings (SSSR count). The zero-order valence-corrected chi connectivity index (χ0v) is 10.4. The van der Waals surface area contributed by atoms with E-state index in [9.17, 15) is 9.59 Å². The van der Waals surface area contributed by atoms with E-state index in [1.54, 1.807) is 38.1 Å². The van der Waals surface area contributed by atoms with Gasteiger partial charge in [0.2, 0.25) is 5.91 Å². The van der Waals surface area contributed by atoms with E-state index in [1.165, 1.54) is 0 Å². The Kier molecular flexibility index (Phi) is 2.83. The molecule has 1 saturated heterocycles. The number of rotatable bonds is 2. The number of carbonyl (C=O) groups is 2. The molecule has 1 aromatic carbocycles. The lowest BCUT2D eigenvalue weighted by atomic mass is 9.92. The first-order valence-corrected chi connectivity index (χ1v) is 5.67. The second-order valence-electron chi connectivity index (χ2n) is 4.72. The Hall–Kier alpha value is -1.55. The summed E-state index contributed by atoms with van der Waals surface area (Å²) in [5, 5.41) is 1.61. The van der Waals surface area contributed by atoms with Gasteiger partial charge in [0.25, 0.3) is 5.91 Å². The highest BCUT2D eigenvalue weighted by molar-refractivity contribution is 6.30. The van der Waals surface area contributed by atoms with E-state index >= 15 is 0 Å². The van der Waals surface area contributed by atoms with E-state index in [4.69, 9.17) is 11.6 Å². The second-order valence-corrected chi connectivity index (χ2v) is 5.15. The lowest BCUT2D eigenvalue weighted by Gasteiger charge is -2.19. The standard InChI is InChI=1S/C12H13ClN2O2/c1-12(2)7-10(16)15(11(12)17)14-9-5-3-4-8(13)6-9/h3-6,14H,7H2,1-2H3. The highest BCUT2D eigenvalue weighted by Crippen LogP contribution is 2.31. The molecule has 1 aliphatic rings. The third-order valence-electron chi connectivity index (χ3n) is 2.69. The number of imide groups is 1. The first-order valence-electron chi connectivity index (χ1n) is 5.30. The van der Waals surface area contributed by atoms with Gasteiger partial charge < -0.3 is 0 Å². The Balaban J connectivity index is 2.20. The average molecular weight is 253 g/mol. The number of hydrazine groups is 1. The monoisotopic (exact) mass is 252 g/mol. The molecule has 0 spiro atoms. The average Bonchev–Trinajstić information content (AvgIpc) is 2.41. The number of amides is 2. The zero-order valence-electron chi connectivity index (χ0n) is 9.66. The summed E-state index contributed by atoms with van der Waals surface area (Å²) >= 11 is 5.83. The molecule has 17 heavy (non-hydrogen) atoms. The fourth-order valence-corrected chi connectivity index (χ4v) is 1.94. The van der Waals surface area contributed by atoms with E-state index in [1.807, 2.05) is 0 Å². The Morgan fingerprint density at radius 3 is 2.59 bits per heavy atom. The minimum absolute atomic E-state index is 0.220. The van der Waals surface area contributed by atoms with Crippen LogP contribution in [0.4, 0.5) is 5.69 Å². The van der Waals surface area contributed by atoms with Crippen molar-refractivity contribution in [2.45, 2.75) is 20.3 Å². The number of carbonyl (C=O) groups excluding carboxylic acids is 2. The van der Waals surface area contributed by atoms with Gasteiger partial charge in [-0.1, -0.05) is 31.5 Å². The molecule has 0 atom stereocenters. The van der Waals surface area contributed by atoms with Crippen molar-refractivity contribution in [2.75, 3.05) is 5.43 Å². The summed E-state index contributed by atoms with van der Waals surface area (Å²) in [7, 11) is 0. The number of anilines is 1. The van der Waals surface area contributed by atoms with Crippen LogP contribution in [0.25, 0.3) is 0 Å². The van der Waals surface area contributed by atoms with Gasteiger partial charge in [-0.05, 0) is 18.2 Å². The van der Waals surface area contributed by atoms with Crippen molar-refractivity contribution in [1.82, 2.24) is 5.01 Å². The molecular weight excluding hydrogens is 240 g/mol. The van der Waals surface area contributed by atoms with Gasteiger partial charge in [0.05, 0.1) is 11.1 Å². The molecule has 0 aliphatic carbocycles. The Labute approximate surface area is 105 Å². The van der Waals surface area contributed by atoms with E-state index in [-0.39, 0.29) is 18.2 Å². The first-order chi connectivity index (χ1) is 7.90. The van der Waals surface area contributed by atoms with Crippen LogP contribution in [0.15, 0.2) is 24.3 Å². The van der Waals surface area contributed by atoms with Crippen LogP contribution >= 0.6 is 11.6 Å². The van der Waals surface area contributed by atoms with Gasteiger partial charge >= 0.3 is 0 Å². The van der Waals surface area contributed by atoms with Crippen LogP contribution < -0.4 is 5.43 Å². The van der Waals surface area contributed by atoms with E-state index < -0.39 is 5.41 Å². The minimum Gasteiger partial charge on any atom is -0.289 e. The molecule has 1 fully saturated rings. The van der Waals surface area contributed by atoms with Crippen LogP contribution in [-0.4, -0.2) is 16.8 Å². The van der Waals surface area contributed by atoms with Crippen molar-refractivity contribution >= 4 is 29.1 Å². The topological polar surface area (TPSA) is 49.4 Å². The summed E-state index contributed by atoms with van der Waals surface area (Å²) in [6, 6.07) is 6.89. The molecule has 0 saturated carbocycles. The third kappa shape index (κ3) is 2.26. The number of nitrogens with zero attached hydrogens (tertiary/aromatic N) is 1. The van der Waals surface area contributed by atoms with Crippen molar-refractivity contribution in [3.8, 4) is 0 Å². The molecule has 0 bridgehead atoms. The summed E-state index contributed by atoms with van der Waals surface area (Å²) in [4.78, 5) is 23.6. The number of halogens is 1. The van der Waals surface area contributed by atoms with Gasteiger partial charge in [-0.25, -0.2) is 0 Å². The summed E-state index contributed by atoms with van der Waals surface area (Å²) in [6.45, 7) is 3.51. The molecular formula is C12H13ClN2O2. The molecule has 1 aliphatic heterocycles. The van der Waals surface area contributed by atoms with Crippen molar-refractivity contribution in [2.24, 2.45) is 5.41 Å². The van der Waals surface area contributed by atoms with Crippen LogP contribution in [0.1, 0.15) is 20.3 Å². The number of nitrogens with one attached hydrogen (secondary N) is 1. The molecule has 90 valence electrons. The van der Waals surface area contributed by atoms with Crippen LogP contribution in [0.3, 0.4) is 0 Å². The predicted molar refractivity (Wildman–Crippen MR) is 65.3 cm³/mol. The molecule has 4 nitrogen and oxygen atoms in total. The maximum Gasteiger partial charge on any atom is 0.254 e.